The van der Waals surface area contributed by atoms with Gasteiger partial charge in [-0.05, 0) is 56.5 Å². The van der Waals surface area contributed by atoms with Crippen LogP contribution in [0.15, 0.2) is 0 Å². The monoisotopic (exact) mass is 251 g/mol. The molecule has 0 bridgehead atoms. The van der Waals surface area contributed by atoms with E-state index in [2.05, 4.69) is 19.3 Å². The predicted octanol–water partition coefficient (Wildman–Crippen LogP) is 4.62. The molecule has 0 amide bonds. The SMILES string of the molecule is CCC1CCCCC1C1CCCCCC1CNC. The van der Waals surface area contributed by atoms with E-state index in [9.17, 15) is 0 Å². The average molecular weight is 251 g/mol. The summed E-state index contributed by atoms with van der Waals surface area (Å²) < 4.78 is 0. The van der Waals surface area contributed by atoms with Crippen molar-refractivity contribution < 1.29 is 0 Å². The van der Waals surface area contributed by atoms with Crippen molar-refractivity contribution in [3.63, 3.8) is 0 Å². The Kier molecular flexibility index (Phi) is 6.01. The standard InChI is InChI=1S/C17H33N/c1-3-14-9-7-8-12-16(14)17-11-6-4-5-10-15(17)13-18-2/h14-18H,3-13H2,1-2H3. The van der Waals surface area contributed by atoms with Crippen molar-refractivity contribution in [1.82, 2.24) is 5.32 Å². The minimum atomic E-state index is 0.967. The van der Waals surface area contributed by atoms with Crippen molar-refractivity contribution in [2.24, 2.45) is 23.7 Å². The fourth-order valence-electron chi connectivity index (χ4n) is 4.80. The quantitative estimate of drug-likeness (QED) is 0.719. The summed E-state index contributed by atoms with van der Waals surface area (Å²) in [5.74, 6) is 4.10. The van der Waals surface area contributed by atoms with Gasteiger partial charge in [-0.15, -0.1) is 0 Å². The zero-order chi connectivity index (χ0) is 12.8. The Morgan fingerprint density at radius 3 is 2.06 bits per heavy atom. The molecule has 0 aromatic heterocycles. The van der Waals surface area contributed by atoms with Gasteiger partial charge in [-0.25, -0.2) is 0 Å². The van der Waals surface area contributed by atoms with Crippen molar-refractivity contribution in [2.75, 3.05) is 13.6 Å². The molecule has 0 radical (unpaired) electrons. The van der Waals surface area contributed by atoms with Crippen LogP contribution in [0.1, 0.15) is 71.1 Å². The van der Waals surface area contributed by atoms with Gasteiger partial charge in [-0.1, -0.05) is 51.9 Å². The largest absolute Gasteiger partial charge is 0.319 e. The summed E-state index contributed by atoms with van der Waals surface area (Å²) >= 11 is 0. The fourth-order valence-corrected chi connectivity index (χ4v) is 4.80. The zero-order valence-corrected chi connectivity index (χ0v) is 12.6. The van der Waals surface area contributed by atoms with Crippen LogP contribution in [0.3, 0.4) is 0 Å². The van der Waals surface area contributed by atoms with E-state index in [4.69, 9.17) is 0 Å². The normalized spacial score (nSPS) is 38.3. The van der Waals surface area contributed by atoms with E-state index < -0.39 is 0 Å². The smallest absolute Gasteiger partial charge is 0.00208 e. The molecule has 2 rings (SSSR count). The van der Waals surface area contributed by atoms with E-state index in [0.29, 0.717) is 0 Å². The highest BCUT2D eigenvalue weighted by molar-refractivity contribution is 4.86. The summed E-state index contributed by atoms with van der Waals surface area (Å²) in [6.45, 7) is 3.68. The molecule has 0 spiro atoms. The molecule has 4 unspecified atom stereocenters. The van der Waals surface area contributed by atoms with Gasteiger partial charge in [-0.3, -0.25) is 0 Å². The lowest BCUT2D eigenvalue weighted by atomic mass is 9.66. The highest BCUT2D eigenvalue weighted by atomic mass is 14.8. The summed E-state index contributed by atoms with van der Waals surface area (Å²) in [6, 6.07) is 0. The summed E-state index contributed by atoms with van der Waals surface area (Å²) in [6.07, 6.45) is 14.9. The van der Waals surface area contributed by atoms with Crippen LogP contribution in [-0.4, -0.2) is 13.6 Å². The first-order valence-corrected chi connectivity index (χ1v) is 8.51. The molecule has 18 heavy (non-hydrogen) atoms. The molecule has 1 heteroatoms. The van der Waals surface area contributed by atoms with E-state index >= 15 is 0 Å². The molecule has 0 aromatic carbocycles. The third-order valence-corrected chi connectivity index (χ3v) is 5.73. The molecule has 0 heterocycles. The van der Waals surface area contributed by atoms with E-state index in [0.717, 1.165) is 23.7 Å². The highest BCUT2D eigenvalue weighted by Crippen LogP contribution is 2.44. The molecule has 2 aliphatic carbocycles. The highest BCUT2D eigenvalue weighted by Gasteiger charge is 2.35. The van der Waals surface area contributed by atoms with Crippen LogP contribution in [0.5, 0.6) is 0 Å². The zero-order valence-electron chi connectivity index (χ0n) is 12.6. The Balaban J connectivity index is 2.04. The Labute approximate surface area is 114 Å². The van der Waals surface area contributed by atoms with Crippen molar-refractivity contribution >= 4 is 0 Å². The molecule has 1 nitrogen and oxygen atoms in total. The maximum Gasteiger partial charge on any atom is -0.00208 e. The molecule has 2 fully saturated rings. The van der Waals surface area contributed by atoms with Crippen molar-refractivity contribution in [3.8, 4) is 0 Å². The number of nitrogens with one attached hydrogen (secondary N) is 1. The first kappa shape index (κ1) is 14.4. The number of rotatable bonds is 4. The maximum atomic E-state index is 3.47. The second-order valence-corrected chi connectivity index (χ2v) is 6.74. The second-order valence-electron chi connectivity index (χ2n) is 6.74. The van der Waals surface area contributed by atoms with E-state index in [1.807, 2.05) is 0 Å². The van der Waals surface area contributed by atoms with Crippen LogP contribution in [-0.2, 0) is 0 Å². The first-order valence-electron chi connectivity index (χ1n) is 8.51. The van der Waals surface area contributed by atoms with Gasteiger partial charge in [0, 0.05) is 0 Å². The van der Waals surface area contributed by atoms with Gasteiger partial charge in [0.25, 0.3) is 0 Å². The van der Waals surface area contributed by atoms with Crippen LogP contribution in [0.4, 0.5) is 0 Å². The fraction of sp³-hybridized carbons (Fsp3) is 1.00. The van der Waals surface area contributed by atoms with Crippen LogP contribution in [0, 0.1) is 23.7 Å². The molecule has 0 saturated heterocycles. The third kappa shape index (κ3) is 3.50. The van der Waals surface area contributed by atoms with Gasteiger partial charge >= 0.3 is 0 Å². The number of hydrogen-bond acceptors (Lipinski definition) is 1. The molecular weight excluding hydrogens is 218 g/mol. The Morgan fingerprint density at radius 1 is 0.778 bits per heavy atom. The lowest BCUT2D eigenvalue weighted by Gasteiger charge is -2.40. The molecule has 2 saturated carbocycles. The molecule has 2 aliphatic rings. The second kappa shape index (κ2) is 7.53. The topological polar surface area (TPSA) is 12.0 Å². The van der Waals surface area contributed by atoms with Crippen molar-refractivity contribution in [1.29, 1.82) is 0 Å². The number of hydrogen-bond donors (Lipinski definition) is 1. The Bertz CT molecular complexity index is 226. The Morgan fingerprint density at radius 2 is 1.33 bits per heavy atom. The molecule has 1 N–H and O–H groups in total. The van der Waals surface area contributed by atoms with Gasteiger partial charge in [0.2, 0.25) is 0 Å². The maximum absolute atomic E-state index is 3.47. The molecule has 0 aliphatic heterocycles. The van der Waals surface area contributed by atoms with Crippen LogP contribution in [0.2, 0.25) is 0 Å². The lowest BCUT2D eigenvalue weighted by Crippen LogP contribution is -2.35. The van der Waals surface area contributed by atoms with Crippen molar-refractivity contribution in [3.05, 3.63) is 0 Å². The summed E-state index contributed by atoms with van der Waals surface area (Å²) in [4.78, 5) is 0. The molecule has 106 valence electrons. The van der Waals surface area contributed by atoms with Gasteiger partial charge in [0.05, 0.1) is 0 Å². The van der Waals surface area contributed by atoms with E-state index in [1.165, 1.54) is 70.8 Å². The van der Waals surface area contributed by atoms with Gasteiger partial charge in [-0.2, -0.15) is 0 Å². The van der Waals surface area contributed by atoms with Crippen LogP contribution >= 0.6 is 0 Å². The minimum Gasteiger partial charge on any atom is -0.319 e. The third-order valence-electron chi connectivity index (χ3n) is 5.73. The summed E-state index contributed by atoms with van der Waals surface area (Å²) in [5.41, 5.74) is 0. The molecule has 0 aromatic rings. The lowest BCUT2D eigenvalue weighted by molar-refractivity contribution is 0.104. The van der Waals surface area contributed by atoms with Crippen molar-refractivity contribution in [2.45, 2.75) is 71.1 Å². The Hall–Kier alpha value is -0.0400. The first-order chi connectivity index (χ1) is 8.86. The van der Waals surface area contributed by atoms with Crippen LogP contribution in [0.25, 0.3) is 0 Å². The van der Waals surface area contributed by atoms with Gasteiger partial charge < -0.3 is 5.32 Å². The summed E-state index contributed by atoms with van der Waals surface area (Å²) in [5, 5.41) is 3.47. The van der Waals surface area contributed by atoms with Gasteiger partial charge in [0.15, 0.2) is 0 Å². The molecular formula is C17H33N. The van der Waals surface area contributed by atoms with E-state index in [-0.39, 0.29) is 0 Å². The van der Waals surface area contributed by atoms with E-state index in [1.54, 1.807) is 0 Å². The predicted molar refractivity (Wildman–Crippen MR) is 79.7 cm³/mol. The minimum absolute atomic E-state index is 0.967. The molecule has 4 atom stereocenters. The van der Waals surface area contributed by atoms with Crippen LogP contribution < -0.4 is 5.32 Å². The summed E-state index contributed by atoms with van der Waals surface area (Å²) in [7, 11) is 2.14. The average Bonchev–Trinajstić information content (AvgIpc) is 2.65. The van der Waals surface area contributed by atoms with Gasteiger partial charge in [0.1, 0.15) is 0 Å².